The number of nitrogens with zero attached hydrogens (tertiary/aromatic N) is 2. The second-order valence-electron chi connectivity index (χ2n) is 7.03. The van der Waals surface area contributed by atoms with Crippen LogP contribution in [0.3, 0.4) is 0 Å². The fourth-order valence-corrected chi connectivity index (χ4v) is 3.38. The van der Waals surface area contributed by atoms with Crippen LogP contribution in [0, 0.1) is 13.8 Å². The van der Waals surface area contributed by atoms with Crippen LogP contribution in [-0.2, 0) is 11.4 Å². The van der Waals surface area contributed by atoms with Crippen LogP contribution in [-0.4, -0.2) is 21.9 Å². The van der Waals surface area contributed by atoms with E-state index in [1.807, 2.05) is 56.3 Å². The van der Waals surface area contributed by atoms with Crippen LogP contribution < -0.4 is 10.1 Å². The predicted octanol–water partition coefficient (Wildman–Crippen LogP) is 5.12. The molecule has 1 heterocycles. The summed E-state index contributed by atoms with van der Waals surface area (Å²) in [6.07, 6.45) is 0. The van der Waals surface area contributed by atoms with Crippen molar-refractivity contribution in [2.24, 2.45) is 0 Å². The Kier molecular flexibility index (Phi) is 6.93. The maximum absolute atomic E-state index is 12.3. The zero-order chi connectivity index (χ0) is 20.8. The number of anilines is 1. The van der Waals surface area contributed by atoms with Crippen molar-refractivity contribution >= 4 is 23.4 Å². The molecule has 0 fully saturated rings. The van der Waals surface area contributed by atoms with Gasteiger partial charge in [-0.05, 0) is 48.6 Å². The Hall–Kier alpha value is -2.80. The van der Waals surface area contributed by atoms with Crippen molar-refractivity contribution in [3.05, 3.63) is 65.0 Å². The molecule has 29 heavy (non-hydrogen) atoms. The second-order valence-corrected chi connectivity index (χ2v) is 7.95. The number of aryl methyl sites for hydroxylation is 1. The van der Waals surface area contributed by atoms with E-state index < -0.39 is 0 Å². The molecule has 0 atom stereocenters. The lowest BCUT2D eigenvalue weighted by atomic mass is 10.0. The minimum atomic E-state index is -0.116. The lowest BCUT2D eigenvalue weighted by molar-refractivity contribution is -0.113. The molecule has 0 spiro atoms. The lowest BCUT2D eigenvalue weighted by Crippen LogP contribution is -2.15. The van der Waals surface area contributed by atoms with Crippen molar-refractivity contribution < 1.29 is 13.9 Å². The third kappa shape index (κ3) is 5.60. The van der Waals surface area contributed by atoms with E-state index in [1.165, 1.54) is 11.8 Å². The quantitative estimate of drug-likeness (QED) is 0.519. The Morgan fingerprint density at radius 3 is 2.72 bits per heavy atom. The fourth-order valence-electron chi connectivity index (χ4n) is 2.80. The van der Waals surface area contributed by atoms with Crippen molar-refractivity contribution in [2.45, 2.75) is 45.4 Å². The van der Waals surface area contributed by atoms with Crippen LogP contribution >= 0.6 is 11.8 Å². The largest absolute Gasteiger partial charge is 0.484 e. The van der Waals surface area contributed by atoms with Gasteiger partial charge < -0.3 is 14.5 Å². The van der Waals surface area contributed by atoms with Gasteiger partial charge in [0, 0.05) is 5.69 Å². The predicted molar refractivity (Wildman–Crippen MR) is 114 cm³/mol. The Morgan fingerprint density at radius 1 is 1.14 bits per heavy atom. The number of aromatic nitrogens is 2. The van der Waals surface area contributed by atoms with Crippen molar-refractivity contribution in [1.29, 1.82) is 0 Å². The summed E-state index contributed by atoms with van der Waals surface area (Å²) in [4.78, 5) is 12.3. The minimum Gasteiger partial charge on any atom is -0.484 e. The van der Waals surface area contributed by atoms with Gasteiger partial charge in [0.2, 0.25) is 5.91 Å². The standard InChI is InChI=1S/C22H25N3O3S/c1-14(2)17-9-5-6-10-18(17)23-20(26)13-29-22-25-24-21(28-22)12-27-19-11-7-8-15(3)16(19)4/h5-11,14H,12-13H2,1-4H3,(H,23,26). The molecule has 6 nitrogen and oxygen atoms in total. The Bertz CT molecular complexity index is 985. The molecule has 0 aliphatic heterocycles. The molecular formula is C22H25N3O3S. The topological polar surface area (TPSA) is 77.2 Å². The first-order chi connectivity index (χ1) is 13.9. The third-order valence-corrected chi connectivity index (χ3v) is 5.36. The van der Waals surface area contributed by atoms with Crippen molar-refractivity contribution in [3.8, 4) is 5.75 Å². The molecular weight excluding hydrogens is 386 g/mol. The average Bonchev–Trinajstić information content (AvgIpc) is 3.16. The van der Waals surface area contributed by atoms with E-state index in [9.17, 15) is 4.79 Å². The SMILES string of the molecule is Cc1cccc(OCc2nnc(SCC(=O)Nc3ccccc3C(C)C)o2)c1C. The number of nitrogens with one attached hydrogen (secondary N) is 1. The van der Waals surface area contributed by atoms with Crippen LogP contribution in [0.2, 0.25) is 0 Å². The van der Waals surface area contributed by atoms with Gasteiger partial charge in [-0.2, -0.15) is 0 Å². The van der Waals surface area contributed by atoms with E-state index >= 15 is 0 Å². The molecule has 0 saturated heterocycles. The van der Waals surface area contributed by atoms with Gasteiger partial charge in [0.25, 0.3) is 11.1 Å². The number of carbonyl (C=O) groups is 1. The highest BCUT2D eigenvalue weighted by molar-refractivity contribution is 7.99. The minimum absolute atomic E-state index is 0.116. The van der Waals surface area contributed by atoms with Gasteiger partial charge in [0.15, 0.2) is 6.61 Å². The first kappa shape index (κ1) is 20.9. The molecule has 1 aromatic heterocycles. The van der Waals surface area contributed by atoms with Gasteiger partial charge in [-0.25, -0.2) is 0 Å². The maximum atomic E-state index is 12.3. The molecule has 0 aliphatic rings. The summed E-state index contributed by atoms with van der Waals surface area (Å²) in [7, 11) is 0. The highest BCUT2D eigenvalue weighted by atomic mass is 32.2. The number of amides is 1. The van der Waals surface area contributed by atoms with Gasteiger partial charge in [0.05, 0.1) is 5.75 Å². The molecule has 2 aromatic carbocycles. The van der Waals surface area contributed by atoms with Crippen LogP contribution in [0.5, 0.6) is 5.75 Å². The number of para-hydroxylation sites is 1. The van der Waals surface area contributed by atoms with E-state index in [0.29, 0.717) is 17.0 Å². The molecule has 3 aromatic rings. The van der Waals surface area contributed by atoms with E-state index in [0.717, 1.165) is 28.1 Å². The number of hydrogen-bond acceptors (Lipinski definition) is 6. The van der Waals surface area contributed by atoms with Gasteiger partial charge in [-0.1, -0.05) is 55.9 Å². The summed E-state index contributed by atoms with van der Waals surface area (Å²) >= 11 is 1.20. The highest BCUT2D eigenvalue weighted by Gasteiger charge is 2.13. The normalized spacial score (nSPS) is 10.9. The molecule has 1 N–H and O–H groups in total. The van der Waals surface area contributed by atoms with Crippen LogP contribution in [0.4, 0.5) is 5.69 Å². The van der Waals surface area contributed by atoms with E-state index in [4.69, 9.17) is 9.15 Å². The number of carbonyl (C=O) groups excluding carboxylic acids is 1. The molecule has 0 bridgehead atoms. The van der Waals surface area contributed by atoms with Crippen LogP contribution in [0.25, 0.3) is 0 Å². The highest BCUT2D eigenvalue weighted by Crippen LogP contribution is 2.25. The van der Waals surface area contributed by atoms with Gasteiger partial charge in [0.1, 0.15) is 5.75 Å². The zero-order valence-corrected chi connectivity index (χ0v) is 17.9. The average molecular weight is 412 g/mol. The van der Waals surface area contributed by atoms with Crippen LogP contribution in [0.1, 0.15) is 42.3 Å². The number of thioether (sulfide) groups is 1. The summed E-state index contributed by atoms with van der Waals surface area (Å²) in [6, 6.07) is 13.7. The van der Waals surface area contributed by atoms with Gasteiger partial charge in [-0.15, -0.1) is 10.2 Å². The first-order valence-corrected chi connectivity index (χ1v) is 10.5. The molecule has 152 valence electrons. The monoisotopic (exact) mass is 411 g/mol. The Morgan fingerprint density at radius 2 is 1.93 bits per heavy atom. The summed E-state index contributed by atoms with van der Waals surface area (Å²) in [5, 5.41) is 11.3. The maximum Gasteiger partial charge on any atom is 0.277 e. The molecule has 0 aliphatic carbocycles. The number of rotatable bonds is 8. The zero-order valence-electron chi connectivity index (χ0n) is 17.1. The molecule has 0 saturated carbocycles. The second kappa shape index (κ2) is 9.60. The van der Waals surface area contributed by atoms with Crippen molar-refractivity contribution in [3.63, 3.8) is 0 Å². The Labute approximate surface area is 175 Å². The third-order valence-electron chi connectivity index (χ3n) is 4.54. The smallest absolute Gasteiger partial charge is 0.277 e. The number of hydrogen-bond donors (Lipinski definition) is 1. The molecule has 1 amide bonds. The van der Waals surface area contributed by atoms with E-state index in [2.05, 4.69) is 29.4 Å². The molecule has 0 radical (unpaired) electrons. The summed E-state index contributed by atoms with van der Waals surface area (Å²) < 4.78 is 11.3. The first-order valence-electron chi connectivity index (χ1n) is 9.47. The fraction of sp³-hybridized carbons (Fsp3) is 0.318. The number of benzene rings is 2. The van der Waals surface area contributed by atoms with Gasteiger partial charge >= 0.3 is 0 Å². The summed E-state index contributed by atoms with van der Waals surface area (Å²) in [6.45, 7) is 8.43. The van der Waals surface area contributed by atoms with E-state index in [1.54, 1.807) is 0 Å². The Balaban J connectivity index is 1.51. The van der Waals surface area contributed by atoms with Crippen LogP contribution in [0.15, 0.2) is 52.1 Å². The van der Waals surface area contributed by atoms with Crippen molar-refractivity contribution in [2.75, 3.05) is 11.1 Å². The lowest BCUT2D eigenvalue weighted by Gasteiger charge is -2.13. The van der Waals surface area contributed by atoms with Crippen molar-refractivity contribution in [1.82, 2.24) is 10.2 Å². The summed E-state index contributed by atoms with van der Waals surface area (Å²) in [5.41, 5.74) is 4.19. The molecule has 0 unspecified atom stereocenters. The molecule has 7 heteroatoms. The summed E-state index contributed by atoms with van der Waals surface area (Å²) in [5.74, 6) is 1.56. The number of ether oxygens (including phenoxy) is 1. The van der Waals surface area contributed by atoms with Gasteiger partial charge in [-0.3, -0.25) is 4.79 Å². The molecule has 3 rings (SSSR count). The van der Waals surface area contributed by atoms with E-state index in [-0.39, 0.29) is 18.3 Å².